The molecule has 0 spiro atoms. The van der Waals surface area contributed by atoms with E-state index in [0.29, 0.717) is 24.2 Å². The van der Waals surface area contributed by atoms with Gasteiger partial charge in [0.15, 0.2) is 0 Å². The second kappa shape index (κ2) is 6.34. The van der Waals surface area contributed by atoms with E-state index in [2.05, 4.69) is 5.32 Å². The molecule has 1 N–H and O–H groups in total. The number of benzene rings is 1. The van der Waals surface area contributed by atoms with Crippen LogP contribution in [0.4, 0.5) is 0 Å². The summed E-state index contributed by atoms with van der Waals surface area (Å²) >= 11 is 0. The van der Waals surface area contributed by atoms with E-state index in [9.17, 15) is 9.59 Å². The standard InChI is InChI=1S/C15H19NO2/c17-14-9-5-4-8-13(10-11-14)16-15(18)12-6-2-1-3-7-12/h1-3,6-7,13H,4-5,8-11H2,(H,16,18). The van der Waals surface area contributed by atoms with Gasteiger partial charge in [-0.3, -0.25) is 9.59 Å². The van der Waals surface area contributed by atoms with E-state index in [1.165, 1.54) is 0 Å². The molecule has 1 aliphatic rings. The van der Waals surface area contributed by atoms with E-state index in [0.717, 1.165) is 25.7 Å². The molecular formula is C15H19NO2. The summed E-state index contributed by atoms with van der Waals surface area (Å²) in [5, 5.41) is 3.03. The molecule has 3 heteroatoms. The maximum Gasteiger partial charge on any atom is 0.251 e. The Morgan fingerprint density at radius 3 is 2.61 bits per heavy atom. The lowest BCUT2D eigenvalue weighted by Gasteiger charge is -2.20. The molecule has 1 unspecified atom stereocenters. The number of hydrogen-bond donors (Lipinski definition) is 1. The number of rotatable bonds is 2. The number of hydrogen-bond acceptors (Lipinski definition) is 2. The Kier molecular flexibility index (Phi) is 4.51. The summed E-state index contributed by atoms with van der Waals surface area (Å²) in [7, 11) is 0. The molecule has 1 saturated carbocycles. The van der Waals surface area contributed by atoms with Crippen LogP contribution < -0.4 is 5.32 Å². The summed E-state index contributed by atoms with van der Waals surface area (Å²) < 4.78 is 0. The molecule has 96 valence electrons. The molecule has 0 heterocycles. The Morgan fingerprint density at radius 1 is 1.06 bits per heavy atom. The Morgan fingerprint density at radius 2 is 1.83 bits per heavy atom. The average molecular weight is 245 g/mol. The number of carbonyl (C=O) groups excluding carboxylic acids is 2. The molecule has 1 amide bonds. The SMILES string of the molecule is O=C1CCCCC(NC(=O)c2ccccc2)CC1. The van der Waals surface area contributed by atoms with Crippen LogP contribution in [0.15, 0.2) is 30.3 Å². The van der Waals surface area contributed by atoms with E-state index in [-0.39, 0.29) is 11.9 Å². The second-order valence-electron chi connectivity index (χ2n) is 4.86. The zero-order valence-corrected chi connectivity index (χ0v) is 10.5. The third kappa shape index (κ3) is 3.69. The highest BCUT2D eigenvalue weighted by Crippen LogP contribution is 2.15. The Balaban J connectivity index is 1.91. The van der Waals surface area contributed by atoms with Gasteiger partial charge in [-0.1, -0.05) is 24.6 Å². The smallest absolute Gasteiger partial charge is 0.251 e. The summed E-state index contributed by atoms with van der Waals surface area (Å²) in [6, 6.07) is 9.37. The highest BCUT2D eigenvalue weighted by Gasteiger charge is 2.17. The maximum atomic E-state index is 12.0. The quantitative estimate of drug-likeness (QED) is 0.870. The van der Waals surface area contributed by atoms with Gasteiger partial charge in [-0.15, -0.1) is 0 Å². The number of Topliss-reactive ketones (excluding diaryl/α,β-unsaturated/α-hetero) is 1. The van der Waals surface area contributed by atoms with Crippen molar-refractivity contribution in [1.82, 2.24) is 5.32 Å². The first kappa shape index (κ1) is 12.8. The Hall–Kier alpha value is -1.64. The van der Waals surface area contributed by atoms with Crippen molar-refractivity contribution in [3.63, 3.8) is 0 Å². The van der Waals surface area contributed by atoms with E-state index in [1.807, 2.05) is 30.3 Å². The zero-order chi connectivity index (χ0) is 12.8. The minimum Gasteiger partial charge on any atom is -0.349 e. The van der Waals surface area contributed by atoms with E-state index < -0.39 is 0 Å². The minimum absolute atomic E-state index is 0.0337. The molecule has 0 saturated heterocycles. The van der Waals surface area contributed by atoms with Crippen molar-refractivity contribution in [3.8, 4) is 0 Å². The van der Waals surface area contributed by atoms with E-state index in [1.54, 1.807) is 0 Å². The molecule has 1 atom stereocenters. The fourth-order valence-electron chi connectivity index (χ4n) is 2.32. The normalized spacial score (nSPS) is 20.9. The van der Waals surface area contributed by atoms with Crippen LogP contribution in [-0.4, -0.2) is 17.7 Å². The summed E-state index contributed by atoms with van der Waals surface area (Å²) in [5.41, 5.74) is 0.686. The van der Waals surface area contributed by atoms with E-state index in [4.69, 9.17) is 0 Å². The van der Waals surface area contributed by atoms with Gasteiger partial charge in [0, 0.05) is 24.4 Å². The Bertz CT molecular complexity index is 414. The lowest BCUT2D eigenvalue weighted by Crippen LogP contribution is -2.35. The molecule has 2 rings (SSSR count). The van der Waals surface area contributed by atoms with Gasteiger partial charge in [0.1, 0.15) is 5.78 Å². The van der Waals surface area contributed by atoms with Gasteiger partial charge in [-0.2, -0.15) is 0 Å². The molecule has 1 aromatic carbocycles. The topological polar surface area (TPSA) is 46.2 Å². The van der Waals surface area contributed by atoms with Crippen LogP contribution in [0.25, 0.3) is 0 Å². The molecule has 1 fully saturated rings. The van der Waals surface area contributed by atoms with E-state index >= 15 is 0 Å². The van der Waals surface area contributed by atoms with Gasteiger partial charge in [0.05, 0.1) is 0 Å². The summed E-state index contributed by atoms with van der Waals surface area (Å²) in [4.78, 5) is 23.4. The van der Waals surface area contributed by atoms with Gasteiger partial charge in [-0.05, 0) is 31.4 Å². The van der Waals surface area contributed by atoms with Crippen molar-refractivity contribution < 1.29 is 9.59 Å². The van der Waals surface area contributed by atoms with Crippen LogP contribution in [0.3, 0.4) is 0 Å². The minimum atomic E-state index is -0.0337. The highest BCUT2D eigenvalue weighted by molar-refractivity contribution is 5.94. The third-order valence-corrected chi connectivity index (χ3v) is 3.40. The molecule has 0 aromatic heterocycles. The first-order chi connectivity index (χ1) is 8.75. The average Bonchev–Trinajstić information content (AvgIpc) is 2.39. The van der Waals surface area contributed by atoms with Crippen LogP contribution in [0, 0.1) is 0 Å². The molecule has 0 radical (unpaired) electrons. The summed E-state index contributed by atoms with van der Waals surface area (Å²) in [5.74, 6) is 0.294. The van der Waals surface area contributed by atoms with Gasteiger partial charge in [0.25, 0.3) is 5.91 Å². The van der Waals surface area contributed by atoms with Crippen LogP contribution in [0.1, 0.15) is 48.9 Å². The summed E-state index contributed by atoms with van der Waals surface area (Å²) in [6.07, 6.45) is 5.03. The predicted molar refractivity (Wildman–Crippen MR) is 70.4 cm³/mol. The zero-order valence-electron chi connectivity index (χ0n) is 10.5. The molecule has 18 heavy (non-hydrogen) atoms. The van der Waals surface area contributed by atoms with Crippen LogP contribution in [-0.2, 0) is 4.79 Å². The van der Waals surface area contributed by atoms with Crippen molar-refractivity contribution in [2.24, 2.45) is 0 Å². The van der Waals surface area contributed by atoms with Crippen molar-refractivity contribution in [1.29, 1.82) is 0 Å². The molecular weight excluding hydrogens is 226 g/mol. The lowest BCUT2D eigenvalue weighted by atomic mass is 9.95. The van der Waals surface area contributed by atoms with Crippen LogP contribution in [0.2, 0.25) is 0 Å². The molecule has 0 aliphatic heterocycles. The lowest BCUT2D eigenvalue weighted by molar-refractivity contribution is -0.119. The van der Waals surface area contributed by atoms with Crippen LogP contribution in [0.5, 0.6) is 0 Å². The van der Waals surface area contributed by atoms with Gasteiger partial charge in [0.2, 0.25) is 0 Å². The largest absolute Gasteiger partial charge is 0.349 e. The summed E-state index contributed by atoms with van der Waals surface area (Å²) in [6.45, 7) is 0. The molecule has 1 aromatic rings. The van der Waals surface area contributed by atoms with Crippen molar-refractivity contribution >= 4 is 11.7 Å². The fraction of sp³-hybridized carbons (Fsp3) is 0.467. The third-order valence-electron chi connectivity index (χ3n) is 3.40. The monoisotopic (exact) mass is 245 g/mol. The first-order valence-electron chi connectivity index (χ1n) is 6.63. The van der Waals surface area contributed by atoms with Crippen molar-refractivity contribution in [2.75, 3.05) is 0 Å². The van der Waals surface area contributed by atoms with Gasteiger partial charge in [-0.25, -0.2) is 0 Å². The Labute approximate surface area is 108 Å². The number of nitrogens with one attached hydrogen (secondary N) is 1. The fourth-order valence-corrected chi connectivity index (χ4v) is 2.32. The molecule has 0 bridgehead atoms. The molecule has 3 nitrogen and oxygen atoms in total. The van der Waals surface area contributed by atoms with Crippen molar-refractivity contribution in [2.45, 2.75) is 44.6 Å². The first-order valence-corrected chi connectivity index (χ1v) is 6.63. The predicted octanol–water partition coefficient (Wildman–Crippen LogP) is 2.71. The molecule has 1 aliphatic carbocycles. The van der Waals surface area contributed by atoms with Gasteiger partial charge < -0.3 is 5.32 Å². The number of amides is 1. The highest BCUT2D eigenvalue weighted by atomic mass is 16.1. The van der Waals surface area contributed by atoms with Crippen LogP contribution >= 0.6 is 0 Å². The number of ketones is 1. The maximum absolute atomic E-state index is 12.0. The number of carbonyl (C=O) groups is 2. The second-order valence-corrected chi connectivity index (χ2v) is 4.86. The van der Waals surface area contributed by atoms with Gasteiger partial charge >= 0.3 is 0 Å². The van der Waals surface area contributed by atoms with Crippen molar-refractivity contribution in [3.05, 3.63) is 35.9 Å².